The molecule has 3 rings (SSSR count). The number of nitrogens with zero attached hydrogens (tertiary/aromatic N) is 2. The molecule has 22 heavy (non-hydrogen) atoms. The molecule has 4 nitrogen and oxygen atoms in total. The van der Waals surface area contributed by atoms with Gasteiger partial charge < -0.3 is 10.5 Å². The Labute approximate surface area is 138 Å². The van der Waals surface area contributed by atoms with Crippen molar-refractivity contribution in [2.75, 3.05) is 12.8 Å². The first-order valence-electron chi connectivity index (χ1n) is 7.21. The first kappa shape index (κ1) is 14.9. The van der Waals surface area contributed by atoms with Gasteiger partial charge in [-0.05, 0) is 49.4 Å². The third kappa shape index (κ3) is 2.44. The third-order valence-electron chi connectivity index (χ3n) is 4.04. The van der Waals surface area contributed by atoms with Gasteiger partial charge in [0, 0.05) is 21.3 Å². The lowest BCUT2D eigenvalue weighted by Gasteiger charge is -2.22. The summed E-state index contributed by atoms with van der Waals surface area (Å²) in [5.41, 5.74) is 10.4. The second-order valence-electron chi connectivity index (χ2n) is 5.34. The molecule has 0 radical (unpaired) electrons. The zero-order chi connectivity index (χ0) is 15.7. The number of ether oxygens (including phenoxy) is 1. The number of nitrogens with two attached hydrogens (primary N) is 1. The van der Waals surface area contributed by atoms with Crippen molar-refractivity contribution < 1.29 is 4.74 Å². The number of methoxy groups -OCH3 is 1. The lowest BCUT2D eigenvalue weighted by molar-refractivity contribution is 0.416. The Bertz CT molecular complexity index is 780. The van der Waals surface area contributed by atoms with Crippen molar-refractivity contribution in [1.29, 1.82) is 5.26 Å². The van der Waals surface area contributed by atoms with Gasteiger partial charge in [0.2, 0.25) is 0 Å². The molecule has 0 aliphatic heterocycles. The molecule has 1 aliphatic rings. The Morgan fingerprint density at radius 1 is 1.32 bits per heavy atom. The van der Waals surface area contributed by atoms with Gasteiger partial charge in [-0.1, -0.05) is 15.9 Å². The summed E-state index contributed by atoms with van der Waals surface area (Å²) in [4.78, 5) is 4.45. The van der Waals surface area contributed by atoms with Gasteiger partial charge in [-0.3, -0.25) is 0 Å². The number of anilines is 1. The van der Waals surface area contributed by atoms with E-state index < -0.39 is 0 Å². The quantitative estimate of drug-likeness (QED) is 0.885. The average Bonchev–Trinajstić information content (AvgIpc) is 2.53. The highest BCUT2D eigenvalue weighted by molar-refractivity contribution is 9.10. The molecule has 0 fully saturated rings. The maximum atomic E-state index is 9.57. The van der Waals surface area contributed by atoms with Crippen molar-refractivity contribution in [2.45, 2.75) is 25.7 Å². The Kier molecular flexibility index (Phi) is 4.04. The molecule has 0 spiro atoms. The number of hydrogen-bond acceptors (Lipinski definition) is 4. The number of aromatic nitrogens is 1. The number of aryl methyl sites for hydroxylation is 1. The maximum absolute atomic E-state index is 9.57. The van der Waals surface area contributed by atoms with Crippen molar-refractivity contribution in [3.63, 3.8) is 0 Å². The average molecular weight is 358 g/mol. The predicted octanol–water partition coefficient (Wildman–Crippen LogP) is 3.85. The standard InChI is InChI=1S/C17H16BrN3O/c1-22-15-7-6-10(18)8-12(15)16-11-4-2-3-5-14(11)21-17(20)13(16)9-19/h6-8H,2-5H2,1H3,(H2,20,21). The Hall–Kier alpha value is -2.06. The zero-order valence-electron chi connectivity index (χ0n) is 12.3. The fraction of sp³-hybridized carbons (Fsp3) is 0.294. The van der Waals surface area contributed by atoms with Crippen LogP contribution < -0.4 is 10.5 Å². The maximum Gasteiger partial charge on any atom is 0.142 e. The number of halogens is 1. The van der Waals surface area contributed by atoms with Crippen LogP contribution in [0.25, 0.3) is 11.1 Å². The van der Waals surface area contributed by atoms with Crippen molar-refractivity contribution >= 4 is 21.7 Å². The minimum absolute atomic E-state index is 0.306. The second-order valence-corrected chi connectivity index (χ2v) is 6.25. The fourth-order valence-corrected chi connectivity index (χ4v) is 3.41. The topological polar surface area (TPSA) is 71.9 Å². The van der Waals surface area contributed by atoms with Gasteiger partial charge in [-0.15, -0.1) is 0 Å². The van der Waals surface area contributed by atoms with Gasteiger partial charge in [-0.2, -0.15) is 5.26 Å². The van der Waals surface area contributed by atoms with Crippen LogP contribution in [0, 0.1) is 11.3 Å². The molecule has 1 aliphatic carbocycles. The molecule has 0 unspecified atom stereocenters. The lowest BCUT2D eigenvalue weighted by Crippen LogP contribution is -2.12. The van der Waals surface area contributed by atoms with Crippen LogP contribution in [0.15, 0.2) is 22.7 Å². The van der Waals surface area contributed by atoms with Crippen molar-refractivity contribution in [3.05, 3.63) is 39.5 Å². The van der Waals surface area contributed by atoms with E-state index in [4.69, 9.17) is 10.5 Å². The van der Waals surface area contributed by atoms with Gasteiger partial charge in [0.15, 0.2) is 0 Å². The van der Waals surface area contributed by atoms with Crippen LogP contribution in [0.3, 0.4) is 0 Å². The van der Waals surface area contributed by atoms with Crippen molar-refractivity contribution in [2.24, 2.45) is 0 Å². The lowest BCUT2D eigenvalue weighted by atomic mass is 9.86. The third-order valence-corrected chi connectivity index (χ3v) is 4.54. The number of hydrogen-bond donors (Lipinski definition) is 1. The van der Waals surface area contributed by atoms with Gasteiger partial charge in [-0.25, -0.2) is 4.98 Å². The summed E-state index contributed by atoms with van der Waals surface area (Å²) in [6, 6.07) is 8.02. The summed E-state index contributed by atoms with van der Waals surface area (Å²) < 4.78 is 6.43. The highest BCUT2D eigenvalue weighted by atomic mass is 79.9. The fourth-order valence-electron chi connectivity index (χ4n) is 3.05. The molecule has 112 valence electrons. The summed E-state index contributed by atoms with van der Waals surface area (Å²) >= 11 is 3.50. The van der Waals surface area contributed by atoms with E-state index in [0.717, 1.165) is 58.3 Å². The smallest absolute Gasteiger partial charge is 0.142 e. The van der Waals surface area contributed by atoms with E-state index in [-0.39, 0.29) is 0 Å². The molecule has 1 aromatic heterocycles. The number of rotatable bonds is 2. The van der Waals surface area contributed by atoms with Crippen LogP contribution in [0.4, 0.5) is 5.82 Å². The van der Waals surface area contributed by atoms with E-state index in [1.807, 2.05) is 18.2 Å². The van der Waals surface area contributed by atoms with E-state index in [9.17, 15) is 5.26 Å². The Morgan fingerprint density at radius 2 is 2.09 bits per heavy atom. The predicted molar refractivity (Wildman–Crippen MR) is 89.7 cm³/mol. The number of nitrogen functional groups attached to an aromatic ring is 1. The Balaban J connectivity index is 2.37. The SMILES string of the molecule is COc1ccc(Br)cc1-c1c(C#N)c(N)nc2c1CCCC2. The molecule has 1 heterocycles. The summed E-state index contributed by atoms with van der Waals surface area (Å²) in [7, 11) is 1.63. The minimum Gasteiger partial charge on any atom is -0.496 e. The number of nitriles is 1. The van der Waals surface area contributed by atoms with Crippen LogP contribution >= 0.6 is 15.9 Å². The molecule has 0 atom stereocenters. The molecule has 0 saturated heterocycles. The number of benzene rings is 1. The summed E-state index contributed by atoms with van der Waals surface area (Å²) in [5, 5.41) is 9.57. The molecule has 5 heteroatoms. The van der Waals surface area contributed by atoms with Crippen LogP contribution in [-0.4, -0.2) is 12.1 Å². The largest absolute Gasteiger partial charge is 0.496 e. The summed E-state index contributed by atoms with van der Waals surface area (Å²) in [5.74, 6) is 1.04. The van der Waals surface area contributed by atoms with Crippen LogP contribution in [0.5, 0.6) is 5.75 Å². The summed E-state index contributed by atoms with van der Waals surface area (Å²) in [6.45, 7) is 0. The molecule has 2 N–H and O–H groups in total. The molecule has 1 aromatic carbocycles. The number of pyridine rings is 1. The van der Waals surface area contributed by atoms with E-state index in [1.165, 1.54) is 0 Å². The molecular formula is C17H16BrN3O. The minimum atomic E-state index is 0.306. The summed E-state index contributed by atoms with van der Waals surface area (Å²) in [6.07, 6.45) is 4.05. The van der Waals surface area contributed by atoms with E-state index in [1.54, 1.807) is 7.11 Å². The molecular weight excluding hydrogens is 342 g/mol. The van der Waals surface area contributed by atoms with Crippen LogP contribution in [-0.2, 0) is 12.8 Å². The monoisotopic (exact) mass is 357 g/mol. The Morgan fingerprint density at radius 3 is 2.82 bits per heavy atom. The van der Waals surface area contributed by atoms with Crippen molar-refractivity contribution in [3.8, 4) is 22.9 Å². The van der Waals surface area contributed by atoms with E-state index in [0.29, 0.717) is 11.4 Å². The first-order chi connectivity index (χ1) is 10.7. The van der Waals surface area contributed by atoms with Crippen LogP contribution in [0.2, 0.25) is 0 Å². The van der Waals surface area contributed by atoms with Gasteiger partial charge in [0.25, 0.3) is 0 Å². The number of fused-ring (bicyclic) bond motifs is 1. The molecule has 2 aromatic rings. The highest BCUT2D eigenvalue weighted by Gasteiger charge is 2.23. The highest BCUT2D eigenvalue weighted by Crippen LogP contribution is 2.41. The zero-order valence-corrected chi connectivity index (χ0v) is 13.9. The first-order valence-corrected chi connectivity index (χ1v) is 8.00. The van der Waals surface area contributed by atoms with E-state index in [2.05, 4.69) is 27.0 Å². The van der Waals surface area contributed by atoms with Gasteiger partial charge >= 0.3 is 0 Å². The second kappa shape index (κ2) is 5.98. The molecule has 0 amide bonds. The van der Waals surface area contributed by atoms with Gasteiger partial charge in [0.1, 0.15) is 23.2 Å². The van der Waals surface area contributed by atoms with Crippen molar-refractivity contribution in [1.82, 2.24) is 4.98 Å². The van der Waals surface area contributed by atoms with E-state index >= 15 is 0 Å². The van der Waals surface area contributed by atoms with Crippen LogP contribution in [0.1, 0.15) is 29.7 Å². The van der Waals surface area contributed by atoms with Gasteiger partial charge in [0.05, 0.1) is 7.11 Å². The molecule has 0 bridgehead atoms. The molecule has 0 saturated carbocycles. The normalized spacial score (nSPS) is 13.3.